The predicted octanol–water partition coefficient (Wildman–Crippen LogP) is 3.38. The Balaban J connectivity index is 2.34. The van der Waals surface area contributed by atoms with Crippen molar-refractivity contribution >= 4 is 22.6 Å². The third-order valence-electron chi connectivity index (χ3n) is 2.30. The lowest BCUT2D eigenvalue weighted by Gasteiger charge is -2.08. The van der Waals surface area contributed by atoms with Crippen molar-refractivity contribution in [3.63, 3.8) is 0 Å². The Kier molecular flexibility index (Phi) is 5.48. The summed E-state index contributed by atoms with van der Waals surface area (Å²) >= 11 is 2.30. The van der Waals surface area contributed by atoms with Gasteiger partial charge >= 0.3 is 0 Å². The van der Waals surface area contributed by atoms with E-state index in [1.54, 1.807) is 0 Å². The van der Waals surface area contributed by atoms with E-state index >= 15 is 0 Å². The molecule has 1 rings (SSSR count). The molecule has 2 heteroatoms. The zero-order valence-corrected chi connectivity index (χ0v) is 10.7. The van der Waals surface area contributed by atoms with Crippen molar-refractivity contribution in [1.82, 2.24) is 0 Å². The number of aliphatic hydroxyl groups is 1. The van der Waals surface area contributed by atoms with Crippen LogP contribution in [-0.2, 0) is 6.42 Å². The van der Waals surface area contributed by atoms with Gasteiger partial charge in [-0.15, -0.1) is 0 Å². The molecule has 0 saturated heterocycles. The largest absolute Gasteiger partial charge is 0.393 e. The van der Waals surface area contributed by atoms with Gasteiger partial charge in [-0.3, -0.25) is 0 Å². The average molecular weight is 304 g/mol. The van der Waals surface area contributed by atoms with Gasteiger partial charge in [0.1, 0.15) is 0 Å². The molecule has 0 amide bonds. The van der Waals surface area contributed by atoms with E-state index in [2.05, 4.69) is 53.8 Å². The van der Waals surface area contributed by atoms with E-state index in [-0.39, 0.29) is 6.10 Å². The van der Waals surface area contributed by atoms with Gasteiger partial charge in [0.25, 0.3) is 0 Å². The second-order valence-corrected chi connectivity index (χ2v) is 4.85. The van der Waals surface area contributed by atoms with E-state index < -0.39 is 0 Å². The standard InChI is InChI=1S/C12H17IO/c1-2-3-12(14)9-6-10-4-7-11(13)8-5-10/h4-5,7-8,12,14H,2-3,6,9H2,1H3. The third kappa shape index (κ3) is 4.42. The minimum absolute atomic E-state index is 0.126. The summed E-state index contributed by atoms with van der Waals surface area (Å²) in [6.45, 7) is 2.11. The molecule has 0 heterocycles. The molecule has 0 saturated carbocycles. The lowest BCUT2D eigenvalue weighted by molar-refractivity contribution is 0.154. The molecule has 0 spiro atoms. The highest BCUT2D eigenvalue weighted by molar-refractivity contribution is 14.1. The van der Waals surface area contributed by atoms with E-state index in [0.29, 0.717) is 0 Å². The van der Waals surface area contributed by atoms with Crippen LogP contribution in [0.2, 0.25) is 0 Å². The second kappa shape index (κ2) is 6.40. The molecule has 0 aliphatic carbocycles. The van der Waals surface area contributed by atoms with Crippen LogP contribution in [0.4, 0.5) is 0 Å². The number of benzene rings is 1. The van der Waals surface area contributed by atoms with Crippen molar-refractivity contribution in [3.8, 4) is 0 Å². The van der Waals surface area contributed by atoms with E-state index in [9.17, 15) is 5.11 Å². The Labute approximate surface area is 99.7 Å². The summed E-state index contributed by atoms with van der Waals surface area (Å²) < 4.78 is 1.26. The summed E-state index contributed by atoms with van der Waals surface area (Å²) in [6.07, 6.45) is 3.73. The van der Waals surface area contributed by atoms with Crippen LogP contribution in [-0.4, -0.2) is 11.2 Å². The highest BCUT2D eigenvalue weighted by Gasteiger charge is 2.02. The fraction of sp³-hybridized carbons (Fsp3) is 0.500. The van der Waals surface area contributed by atoms with E-state index in [1.165, 1.54) is 9.13 Å². The van der Waals surface area contributed by atoms with E-state index in [4.69, 9.17) is 0 Å². The Morgan fingerprint density at radius 3 is 2.43 bits per heavy atom. The predicted molar refractivity (Wildman–Crippen MR) is 68.4 cm³/mol. The van der Waals surface area contributed by atoms with Gasteiger partial charge in [-0.25, -0.2) is 0 Å². The van der Waals surface area contributed by atoms with Crippen LogP contribution in [0.25, 0.3) is 0 Å². The smallest absolute Gasteiger partial charge is 0.0543 e. The Morgan fingerprint density at radius 1 is 1.21 bits per heavy atom. The molecule has 78 valence electrons. The first-order valence-electron chi connectivity index (χ1n) is 5.15. The maximum atomic E-state index is 9.56. The summed E-state index contributed by atoms with van der Waals surface area (Å²) in [5.41, 5.74) is 1.32. The fourth-order valence-corrected chi connectivity index (χ4v) is 1.82. The Morgan fingerprint density at radius 2 is 1.86 bits per heavy atom. The highest BCUT2D eigenvalue weighted by atomic mass is 127. The van der Waals surface area contributed by atoms with Gasteiger partial charge in [0.15, 0.2) is 0 Å². The van der Waals surface area contributed by atoms with E-state index in [0.717, 1.165) is 25.7 Å². The van der Waals surface area contributed by atoms with Crippen molar-refractivity contribution in [2.75, 3.05) is 0 Å². The summed E-state index contributed by atoms with van der Waals surface area (Å²) in [4.78, 5) is 0. The molecule has 1 aromatic carbocycles. The van der Waals surface area contributed by atoms with Crippen molar-refractivity contribution in [1.29, 1.82) is 0 Å². The van der Waals surface area contributed by atoms with Crippen LogP contribution in [0.3, 0.4) is 0 Å². The summed E-state index contributed by atoms with van der Waals surface area (Å²) in [6, 6.07) is 8.51. The molecule has 1 nitrogen and oxygen atoms in total. The third-order valence-corrected chi connectivity index (χ3v) is 3.02. The topological polar surface area (TPSA) is 20.2 Å². The first-order valence-corrected chi connectivity index (χ1v) is 6.22. The molecule has 0 aliphatic heterocycles. The van der Waals surface area contributed by atoms with Crippen LogP contribution in [0.5, 0.6) is 0 Å². The van der Waals surface area contributed by atoms with Crippen molar-refractivity contribution in [2.45, 2.75) is 38.7 Å². The SMILES string of the molecule is CCCC(O)CCc1ccc(I)cc1. The molecule has 0 fully saturated rings. The van der Waals surface area contributed by atoms with Gasteiger partial charge in [-0.1, -0.05) is 25.5 Å². The molecule has 1 atom stereocenters. The van der Waals surface area contributed by atoms with Crippen LogP contribution >= 0.6 is 22.6 Å². The lowest BCUT2D eigenvalue weighted by atomic mass is 10.0. The average Bonchev–Trinajstić information content (AvgIpc) is 2.17. The van der Waals surface area contributed by atoms with Gasteiger partial charge in [-0.2, -0.15) is 0 Å². The molecule has 0 aliphatic rings. The second-order valence-electron chi connectivity index (χ2n) is 3.61. The van der Waals surface area contributed by atoms with Crippen LogP contribution < -0.4 is 0 Å². The highest BCUT2D eigenvalue weighted by Crippen LogP contribution is 2.11. The molecular formula is C12H17IO. The van der Waals surface area contributed by atoms with Crippen molar-refractivity contribution in [2.24, 2.45) is 0 Å². The summed E-state index contributed by atoms with van der Waals surface area (Å²) in [5.74, 6) is 0. The van der Waals surface area contributed by atoms with Gasteiger partial charge in [0.2, 0.25) is 0 Å². The molecule has 0 aromatic heterocycles. The lowest BCUT2D eigenvalue weighted by Crippen LogP contribution is -2.06. The maximum absolute atomic E-state index is 9.56. The zero-order valence-electron chi connectivity index (χ0n) is 8.54. The number of aliphatic hydroxyl groups excluding tert-OH is 1. The van der Waals surface area contributed by atoms with Crippen molar-refractivity contribution in [3.05, 3.63) is 33.4 Å². The number of hydrogen-bond donors (Lipinski definition) is 1. The number of hydrogen-bond acceptors (Lipinski definition) is 1. The van der Waals surface area contributed by atoms with Gasteiger partial charge in [0.05, 0.1) is 6.10 Å². The van der Waals surface area contributed by atoms with Crippen LogP contribution in [0.1, 0.15) is 31.7 Å². The first kappa shape index (κ1) is 12.0. The quantitative estimate of drug-likeness (QED) is 0.827. The molecule has 14 heavy (non-hydrogen) atoms. The molecule has 1 aromatic rings. The van der Waals surface area contributed by atoms with Crippen molar-refractivity contribution < 1.29 is 5.11 Å². The van der Waals surface area contributed by atoms with Gasteiger partial charge < -0.3 is 5.11 Å². The zero-order chi connectivity index (χ0) is 10.4. The number of halogens is 1. The number of rotatable bonds is 5. The molecule has 1 unspecified atom stereocenters. The summed E-state index contributed by atoms with van der Waals surface area (Å²) in [7, 11) is 0. The van der Waals surface area contributed by atoms with E-state index in [1.807, 2.05) is 0 Å². The van der Waals surface area contributed by atoms with Crippen LogP contribution in [0.15, 0.2) is 24.3 Å². The normalized spacial score (nSPS) is 12.8. The molecule has 1 N–H and O–H groups in total. The monoisotopic (exact) mass is 304 g/mol. The molecular weight excluding hydrogens is 287 g/mol. The number of aryl methyl sites for hydroxylation is 1. The first-order chi connectivity index (χ1) is 6.72. The fourth-order valence-electron chi connectivity index (χ4n) is 1.46. The molecule has 0 radical (unpaired) electrons. The Hall–Kier alpha value is -0.0900. The minimum Gasteiger partial charge on any atom is -0.393 e. The minimum atomic E-state index is -0.126. The summed E-state index contributed by atoms with van der Waals surface area (Å²) in [5, 5.41) is 9.56. The Bertz CT molecular complexity index is 256. The molecule has 0 bridgehead atoms. The maximum Gasteiger partial charge on any atom is 0.0543 e. The van der Waals surface area contributed by atoms with Gasteiger partial charge in [-0.05, 0) is 59.5 Å². The van der Waals surface area contributed by atoms with Gasteiger partial charge in [0, 0.05) is 3.57 Å². The van der Waals surface area contributed by atoms with Crippen LogP contribution in [0, 0.1) is 3.57 Å².